The van der Waals surface area contributed by atoms with Crippen LogP contribution in [-0.2, 0) is 23.6 Å². The molecule has 0 aliphatic carbocycles. The predicted octanol–water partition coefficient (Wildman–Crippen LogP) is 0.777. The molecular weight excluding hydrogens is 250 g/mol. The van der Waals surface area contributed by atoms with Gasteiger partial charge in [-0.2, -0.15) is 5.10 Å². The van der Waals surface area contributed by atoms with Gasteiger partial charge in [-0.15, -0.1) is 11.6 Å². The molecule has 7 heteroatoms. The molecule has 5 nitrogen and oxygen atoms in total. The molecule has 0 atom stereocenters. The number of aromatic nitrogens is 2. The van der Waals surface area contributed by atoms with Crippen molar-refractivity contribution in [3.05, 3.63) is 17.5 Å². The highest BCUT2D eigenvalue weighted by atomic mass is 35.5. The Bertz CT molecular complexity index is 442. The Balaban J connectivity index is 2.54. The smallest absolute Gasteiger partial charge is 0.211 e. The van der Waals surface area contributed by atoms with Gasteiger partial charge < -0.3 is 0 Å². The number of nitrogens with one attached hydrogen (secondary N) is 1. The highest BCUT2D eigenvalue weighted by molar-refractivity contribution is 7.89. The Kier molecular flexibility index (Phi) is 4.76. The van der Waals surface area contributed by atoms with Gasteiger partial charge in [0.05, 0.1) is 11.4 Å². The molecule has 0 unspecified atom stereocenters. The number of nitrogens with zero attached hydrogens (tertiary/aromatic N) is 2. The zero-order valence-electron chi connectivity index (χ0n) is 9.40. The largest absolute Gasteiger partial charge is 0.275 e. The van der Waals surface area contributed by atoms with Crippen LogP contribution in [0.5, 0.6) is 0 Å². The predicted molar refractivity (Wildman–Crippen MR) is 63.9 cm³/mol. The van der Waals surface area contributed by atoms with Crippen molar-refractivity contribution in [2.45, 2.75) is 19.9 Å². The molecular formula is C9H16ClN3O2S. The molecule has 0 spiro atoms. The second-order valence-corrected chi connectivity index (χ2v) is 5.90. The van der Waals surface area contributed by atoms with Crippen LogP contribution in [-0.4, -0.2) is 29.8 Å². The summed E-state index contributed by atoms with van der Waals surface area (Å²) >= 11 is 5.45. The van der Waals surface area contributed by atoms with Crippen molar-refractivity contribution < 1.29 is 8.42 Å². The fourth-order valence-electron chi connectivity index (χ4n) is 1.33. The van der Waals surface area contributed by atoms with Gasteiger partial charge in [0.15, 0.2) is 0 Å². The number of halogens is 1. The highest BCUT2D eigenvalue weighted by Gasteiger charge is 2.11. The topological polar surface area (TPSA) is 64.0 Å². The van der Waals surface area contributed by atoms with E-state index in [1.807, 2.05) is 6.92 Å². The summed E-state index contributed by atoms with van der Waals surface area (Å²) < 4.78 is 27.2. The van der Waals surface area contributed by atoms with Gasteiger partial charge >= 0.3 is 0 Å². The van der Waals surface area contributed by atoms with Gasteiger partial charge in [0.2, 0.25) is 10.0 Å². The van der Waals surface area contributed by atoms with E-state index in [4.69, 9.17) is 11.6 Å². The van der Waals surface area contributed by atoms with Gasteiger partial charge in [-0.3, -0.25) is 4.68 Å². The third-order valence-electron chi connectivity index (χ3n) is 2.14. The Morgan fingerprint density at radius 3 is 2.75 bits per heavy atom. The van der Waals surface area contributed by atoms with Crippen molar-refractivity contribution in [2.24, 2.45) is 7.05 Å². The maximum absolute atomic E-state index is 11.5. The van der Waals surface area contributed by atoms with E-state index in [0.29, 0.717) is 12.3 Å². The van der Waals surface area contributed by atoms with Crippen molar-refractivity contribution in [2.75, 3.05) is 11.6 Å². The monoisotopic (exact) mass is 265 g/mol. The summed E-state index contributed by atoms with van der Waals surface area (Å²) in [6.07, 6.45) is 2.27. The zero-order valence-corrected chi connectivity index (χ0v) is 11.0. The van der Waals surface area contributed by atoms with Gasteiger partial charge in [0.1, 0.15) is 0 Å². The number of hydrogen-bond acceptors (Lipinski definition) is 3. The van der Waals surface area contributed by atoms with Crippen LogP contribution < -0.4 is 4.72 Å². The molecule has 1 aromatic rings. The van der Waals surface area contributed by atoms with E-state index in [0.717, 1.165) is 11.3 Å². The summed E-state index contributed by atoms with van der Waals surface area (Å²) in [6.45, 7) is 2.13. The third-order valence-corrected chi connectivity index (χ3v) is 3.82. The second-order valence-electron chi connectivity index (χ2n) is 3.60. The molecule has 1 aromatic heterocycles. The second kappa shape index (κ2) is 5.65. The Morgan fingerprint density at radius 2 is 2.25 bits per heavy atom. The van der Waals surface area contributed by atoms with Crippen LogP contribution in [0, 0.1) is 6.92 Å². The van der Waals surface area contributed by atoms with Crippen LogP contribution in [0.4, 0.5) is 0 Å². The van der Waals surface area contributed by atoms with E-state index in [-0.39, 0.29) is 12.3 Å². The minimum Gasteiger partial charge on any atom is -0.275 e. The third kappa shape index (κ3) is 4.11. The Hall–Kier alpha value is -0.590. The average Bonchev–Trinajstić information content (AvgIpc) is 2.52. The molecule has 0 aromatic carbocycles. The maximum Gasteiger partial charge on any atom is 0.211 e. The Labute approximate surface area is 101 Å². The minimum absolute atomic E-state index is 0.0653. The first-order valence-electron chi connectivity index (χ1n) is 4.97. The summed E-state index contributed by atoms with van der Waals surface area (Å²) in [5.74, 6) is 0.419. The van der Waals surface area contributed by atoms with E-state index in [1.165, 1.54) is 0 Å². The molecule has 1 heterocycles. The standard InChI is InChI=1S/C9H16ClN3O2S/c1-8-9(7-13(2)12-8)6-11-16(14,15)5-3-4-10/h7,11H,3-6H2,1-2H3. The van der Waals surface area contributed by atoms with Gasteiger partial charge in [0.25, 0.3) is 0 Å². The van der Waals surface area contributed by atoms with Crippen LogP contribution in [0.1, 0.15) is 17.7 Å². The molecule has 0 amide bonds. The lowest BCUT2D eigenvalue weighted by atomic mass is 10.3. The Morgan fingerprint density at radius 1 is 1.56 bits per heavy atom. The number of hydrogen-bond donors (Lipinski definition) is 1. The molecule has 1 rings (SSSR count). The van der Waals surface area contributed by atoms with Crippen LogP contribution in [0.25, 0.3) is 0 Å². The molecule has 0 fully saturated rings. The van der Waals surface area contributed by atoms with E-state index >= 15 is 0 Å². The van der Waals surface area contributed by atoms with Crippen LogP contribution in [0.2, 0.25) is 0 Å². The minimum atomic E-state index is -3.22. The summed E-state index contributed by atoms with van der Waals surface area (Å²) in [5.41, 5.74) is 1.72. The van der Waals surface area contributed by atoms with Crippen molar-refractivity contribution >= 4 is 21.6 Å². The zero-order chi connectivity index (χ0) is 12.2. The van der Waals surface area contributed by atoms with E-state index in [9.17, 15) is 8.42 Å². The normalized spacial score (nSPS) is 11.9. The van der Waals surface area contributed by atoms with E-state index in [1.54, 1.807) is 17.9 Å². The van der Waals surface area contributed by atoms with Gasteiger partial charge in [-0.25, -0.2) is 13.1 Å². The molecule has 16 heavy (non-hydrogen) atoms. The first kappa shape index (κ1) is 13.5. The molecule has 92 valence electrons. The SMILES string of the molecule is Cc1nn(C)cc1CNS(=O)(=O)CCCCl. The van der Waals surface area contributed by atoms with E-state index in [2.05, 4.69) is 9.82 Å². The lowest BCUT2D eigenvalue weighted by Crippen LogP contribution is -2.26. The van der Waals surface area contributed by atoms with Crippen molar-refractivity contribution in [3.8, 4) is 0 Å². The van der Waals surface area contributed by atoms with Crippen LogP contribution >= 0.6 is 11.6 Å². The fraction of sp³-hybridized carbons (Fsp3) is 0.667. The first-order chi connectivity index (χ1) is 7.44. The molecule has 0 saturated carbocycles. The summed E-state index contributed by atoms with van der Waals surface area (Å²) in [6, 6.07) is 0. The quantitative estimate of drug-likeness (QED) is 0.773. The molecule has 0 bridgehead atoms. The maximum atomic E-state index is 11.5. The average molecular weight is 266 g/mol. The van der Waals surface area contributed by atoms with Crippen molar-refractivity contribution in [3.63, 3.8) is 0 Å². The number of alkyl halides is 1. The fourth-order valence-corrected chi connectivity index (χ4v) is 2.66. The highest BCUT2D eigenvalue weighted by Crippen LogP contribution is 2.04. The molecule has 1 N–H and O–H groups in total. The summed E-state index contributed by atoms with van der Waals surface area (Å²) in [7, 11) is -1.42. The van der Waals surface area contributed by atoms with Crippen LogP contribution in [0.3, 0.4) is 0 Å². The number of sulfonamides is 1. The first-order valence-corrected chi connectivity index (χ1v) is 7.15. The van der Waals surface area contributed by atoms with Gasteiger partial charge in [0, 0.05) is 31.2 Å². The number of aryl methyl sites for hydroxylation is 2. The van der Waals surface area contributed by atoms with Gasteiger partial charge in [-0.1, -0.05) is 0 Å². The molecule has 0 saturated heterocycles. The van der Waals surface area contributed by atoms with Crippen molar-refractivity contribution in [1.29, 1.82) is 0 Å². The lowest BCUT2D eigenvalue weighted by Gasteiger charge is -2.04. The van der Waals surface area contributed by atoms with Crippen LogP contribution in [0.15, 0.2) is 6.20 Å². The lowest BCUT2D eigenvalue weighted by molar-refractivity contribution is 0.580. The van der Waals surface area contributed by atoms with Crippen molar-refractivity contribution in [1.82, 2.24) is 14.5 Å². The molecule has 0 radical (unpaired) electrons. The molecule has 0 aliphatic heterocycles. The summed E-state index contributed by atoms with van der Waals surface area (Å²) in [5, 5.41) is 4.13. The summed E-state index contributed by atoms with van der Waals surface area (Å²) in [4.78, 5) is 0. The molecule has 0 aliphatic rings. The van der Waals surface area contributed by atoms with Gasteiger partial charge in [-0.05, 0) is 13.3 Å². The number of rotatable bonds is 6. The van der Waals surface area contributed by atoms with E-state index < -0.39 is 10.0 Å².